The van der Waals surface area contributed by atoms with Crippen molar-refractivity contribution in [3.05, 3.63) is 45.1 Å². The van der Waals surface area contributed by atoms with Gasteiger partial charge in [0.05, 0.1) is 4.88 Å². The summed E-state index contributed by atoms with van der Waals surface area (Å²) in [4.78, 5) is 14.9. The molecule has 1 aliphatic carbocycles. The van der Waals surface area contributed by atoms with E-state index in [0.29, 0.717) is 24.5 Å². The minimum Gasteiger partial charge on any atom is -0.486 e. The number of ether oxygens (including phenoxy) is 2. The maximum Gasteiger partial charge on any atom is 0.203 e. The number of benzene rings is 1. The Balaban J connectivity index is 1.66. The molecule has 0 fully saturated rings. The van der Waals surface area contributed by atoms with Crippen molar-refractivity contribution in [3.63, 3.8) is 0 Å². The van der Waals surface area contributed by atoms with Gasteiger partial charge in [0.1, 0.15) is 13.2 Å². The molecule has 0 unspecified atom stereocenters. The third-order valence-corrected chi connectivity index (χ3v) is 5.26. The second kappa shape index (κ2) is 5.19. The van der Waals surface area contributed by atoms with Crippen molar-refractivity contribution in [1.82, 2.24) is 0 Å². The molecule has 0 radical (unpaired) electrons. The fourth-order valence-electron chi connectivity index (χ4n) is 2.93. The summed E-state index contributed by atoms with van der Waals surface area (Å²) in [7, 11) is 0. The Morgan fingerprint density at radius 1 is 1.00 bits per heavy atom. The lowest BCUT2D eigenvalue weighted by atomic mass is 9.98. The fourth-order valence-corrected chi connectivity index (χ4v) is 4.15. The zero-order chi connectivity index (χ0) is 14.2. The lowest BCUT2D eigenvalue weighted by Crippen LogP contribution is -2.15. The van der Waals surface area contributed by atoms with Gasteiger partial charge < -0.3 is 9.47 Å². The van der Waals surface area contributed by atoms with Gasteiger partial charge in [0, 0.05) is 10.4 Å². The van der Waals surface area contributed by atoms with Crippen LogP contribution >= 0.6 is 11.3 Å². The normalized spacial score (nSPS) is 16.4. The molecule has 0 bridgehead atoms. The second-order valence-corrected chi connectivity index (χ2v) is 6.59. The topological polar surface area (TPSA) is 35.5 Å². The molecule has 2 heterocycles. The molecule has 1 aliphatic heterocycles. The third-order valence-electron chi connectivity index (χ3n) is 4.02. The van der Waals surface area contributed by atoms with Crippen molar-refractivity contribution >= 4 is 17.1 Å². The van der Waals surface area contributed by atoms with E-state index >= 15 is 0 Å². The Bertz CT molecular complexity index is 679. The summed E-state index contributed by atoms with van der Waals surface area (Å²) in [5.74, 6) is 1.49. The standard InChI is InChI=1S/C17H16O3S/c18-17(16-10-11-3-1-2-4-15(11)21-16)12-5-6-13-14(9-12)20-8-7-19-13/h5-6,9-10H,1-4,7-8H2. The molecule has 3 nitrogen and oxygen atoms in total. The molecule has 2 aliphatic rings. The average Bonchev–Trinajstić information content (AvgIpc) is 2.97. The number of rotatable bonds is 2. The van der Waals surface area contributed by atoms with Crippen LogP contribution in [0, 0.1) is 0 Å². The van der Waals surface area contributed by atoms with E-state index in [2.05, 4.69) is 6.07 Å². The molecule has 0 amide bonds. The predicted octanol–water partition coefficient (Wildman–Crippen LogP) is 3.63. The van der Waals surface area contributed by atoms with Gasteiger partial charge in [-0.05, 0) is 55.5 Å². The number of ketones is 1. The molecule has 0 spiro atoms. The number of carbonyl (C=O) groups is 1. The SMILES string of the molecule is O=C(c1ccc2c(c1)OCCO2)c1cc2c(s1)CCCC2. The molecule has 1 aromatic heterocycles. The van der Waals surface area contributed by atoms with E-state index in [1.807, 2.05) is 12.1 Å². The van der Waals surface area contributed by atoms with Crippen molar-refractivity contribution in [3.8, 4) is 11.5 Å². The highest BCUT2D eigenvalue weighted by molar-refractivity contribution is 7.14. The van der Waals surface area contributed by atoms with Gasteiger partial charge in [-0.2, -0.15) is 0 Å². The summed E-state index contributed by atoms with van der Waals surface area (Å²) < 4.78 is 11.1. The monoisotopic (exact) mass is 300 g/mol. The summed E-state index contributed by atoms with van der Waals surface area (Å²) >= 11 is 1.65. The van der Waals surface area contributed by atoms with E-state index in [1.165, 1.54) is 23.3 Å². The summed E-state index contributed by atoms with van der Waals surface area (Å²) in [6, 6.07) is 7.54. The van der Waals surface area contributed by atoms with E-state index in [9.17, 15) is 4.79 Å². The van der Waals surface area contributed by atoms with E-state index in [4.69, 9.17) is 9.47 Å². The van der Waals surface area contributed by atoms with Gasteiger partial charge in [-0.1, -0.05) is 0 Å². The van der Waals surface area contributed by atoms with E-state index in [1.54, 1.807) is 17.4 Å². The Labute approximate surface area is 127 Å². The minimum atomic E-state index is 0.0892. The van der Waals surface area contributed by atoms with Gasteiger partial charge >= 0.3 is 0 Å². The number of thiophene rings is 1. The molecule has 0 saturated carbocycles. The first-order valence-corrected chi connectivity index (χ1v) is 8.19. The van der Waals surface area contributed by atoms with Crippen molar-refractivity contribution in [2.75, 3.05) is 13.2 Å². The van der Waals surface area contributed by atoms with Crippen LogP contribution in [0.25, 0.3) is 0 Å². The highest BCUT2D eigenvalue weighted by atomic mass is 32.1. The molecule has 108 valence electrons. The predicted molar refractivity (Wildman–Crippen MR) is 81.8 cm³/mol. The first-order valence-electron chi connectivity index (χ1n) is 7.37. The summed E-state index contributed by atoms with van der Waals surface area (Å²) in [6.45, 7) is 1.11. The maximum atomic E-state index is 12.7. The fraction of sp³-hybridized carbons (Fsp3) is 0.353. The first kappa shape index (κ1) is 12.9. The molecule has 4 rings (SSSR count). The average molecular weight is 300 g/mol. The molecule has 1 aromatic carbocycles. The van der Waals surface area contributed by atoms with Crippen LogP contribution in [-0.4, -0.2) is 19.0 Å². The lowest BCUT2D eigenvalue weighted by molar-refractivity contribution is 0.104. The zero-order valence-corrected chi connectivity index (χ0v) is 12.5. The van der Waals surface area contributed by atoms with E-state index < -0.39 is 0 Å². The number of hydrogen-bond donors (Lipinski definition) is 0. The number of hydrogen-bond acceptors (Lipinski definition) is 4. The Kier molecular flexibility index (Phi) is 3.19. The maximum absolute atomic E-state index is 12.7. The zero-order valence-electron chi connectivity index (χ0n) is 11.7. The van der Waals surface area contributed by atoms with E-state index in [0.717, 1.165) is 23.5 Å². The third kappa shape index (κ3) is 2.33. The molecule has 0 saturated heterocycles. The van der Waals surface area contributed by atoms with Crippen LogP contribution in [0.2, 0.25) is 0 Å². The Morgan fingerprint density at radius 2 is 1.81 bits per heavy atom. The van der Waals surface area contributed by atoms with Crippen molar-refractivity contribution in [1.29, 1.82) is 0 Å². The van der Waals surface area contributed by atoms with Crippen LogP contribution in [0.5, 0.6) is 11.5 Å². The Hall–Kier alpha value is -1.81. The van der Waals surface area contributed by atoms with Gasteiger partial charge in [0.15, 0.2) is 11.5 Å². The van der Waals surface area contributed by atoms with Crippen LogP contribution in [-0.2, 0) is 12.8 Å². The van der Waals surface area contributed by atoms with Gasteiger partial charge in [-0.3, -0.25) is 4.79 Å². The molecule has 0 atom stereocenters. The first-order chi connectivity index (χ1) is 10.3. The highest BCUT2D eigenvalue weighted by Crippen LogP contribution is 2.34. The molecule has 0 N–H and O–H groups in total. The number of carbonyl (C=O) groups excluding carboxylic acids is 1. The van der Waals surface area contributed by atoms with E-state index in [-0.39, 0.29) is 5.78 Å². The number of aryl methyl sites for hydroxylation is 2. The minimum absolute atomic E-state index is 0.0892. The van der Waals surface area contributed by atoms with Crippen molar-refractivity contribution < 1.29 is 14.3 Å². The van der Waals surface area contributed by atoms with Crippen LogP contribution in [0.4, 0.5) is 0 Å². The van der Waals surface area contributed by atoms with Gasteiger partial charge in [-0.15, -0.1) is 11.3 Å². The van der Waals surface area contributed by atoms with Gasteiger partial charge in [0.2, 0.25) is 5.78 Å². The molecule has 2 aromatic rings. The molecular formula is C17H16O3S. The summed E-state index contributed by atoms with van der Waals surface area (Å²) in [5.41, 5.74) is 2.05. The smallest absolute Gasteiger partial charge is 0.203 e. The largest absolute Gasteiger partial charge is 0.486 e. The quantitative estimate of drug-likeness (QED) is 0.795. The Morgan fingerprint density at radius 3 is 2.67 bits per heavy atom. The van der Waals surface area contributed by atoms with Crippen molar-refractivity contribution in [2.45, 2.75) is 25.7 Å². The van der Waals surface area contributed by atoms with Crippen molar-refractivity contribution in [2.24, 2.45) is 0 Å². The second-order valence-electron chi connectivity index (χ2n) is 5.45. The van der Waals surface area contributed by atoms with Crippen LogP contribution in [0.15, 0.2) is 24.3 Å². The van der Waals surface area contributed by atoms with Crippen LogP contribution in [0.1, 0.15) is 38.5 Å². The molecule has 4 heteroatoms. The summed E-state index contributed by atoms with van der Waals surface area (Å²) in [5, 5.41) is 0. The molecule has 21 heavy (non-hydrogen) atoms. The lowest BCUT2D eigenvalue weighted by Gasteiger charge is -2.18. The number of fused-ring (bicyclic) bond motifs is 2. The van der Waals surface area contributed by atoms with Gasteiger partial charge in [-0.25, -0.2) is 0 Å². The van der Waals surface area contributed by atoms with Gasteiger partial charge in [0.25, 0.3) is 0 Å². The van der Waals surface area contributed by atoms with Crippen LogP contribution in [0.3, 0.4) is 0 Å². The summed E-state index contributed by atoms with van der Waals surface area (Å²) in [6.07, 6.45) is 4.71. The highest BCUT2D eigenvalue weighted by Gasteiger charge is 2.20. The molecular weight excluding hydrogens is 284 g/mol. The van der Waals surface area contributed by atoms with Crippen LogP contribution < -0.4 is 9.47 Å².